The van der Waals surface area contributed by atoms with Crippen LogP contribution in [0.25, 0.3) is 0 Å². The number of nitrogens with zero attached hydrogens (tertiary/aromatic N) is 4. The van der Waals surface area contributed by atoms with Crippen molar-refractivity contribution in [3.05, 3.63) is 10.7 Å². The minimum atomic E-state index is 0.729. The minimum Gasteiger partial charge on any atom is -0.355 e. The number of anilines is 2. The van der Waals surface area contributed by atoms with Crippen LogP contribution in [-0.4, -0.2) is 36.1 Å². The number of rotatable bonds is 2. The van der Waals surface area contributed by atoms with Gasteiger partial charge in [-0.2, -0.15) is 4.98 Å². The third kappa shape index (κ3) is 2.85. The first-order valence-electron chi connectivity index (χ1n) is 7.80. The molecular formula is C15H23ClN4. The van der Waals surface area contributed by atoms with Crippen LogP contribution >= 0.6 is 11.6 Å². The Balaban J connectivity index is 1.89. The van der Waals surface area contributed by atoms with Crippen LogP contribution in [0.4, 0.5) is 11.8 Å². The van der Waals surface area contributed by atoms with Crippen molar-refractivity contribution in [3.63, 3.8) is 0 Å². The normalized spacial score (nSPS) is 20.3. The molecule has 4 nitrogen and oxygen atoms in total. The summed E-state index contributed by atoms with van der Waals surface area (Å²) in [6, 6.07) is 0. The number of hydrogen-bond acceptors (Lipinski definition) is 4. The van der Waals surface area contributed by atoms with Gasteiger partial charge in [-0.15, -0.1) is 0 Å². The number of piperidine rings is 2. The average Bonchev–Trinajstić information content (AvgIpc) is 2.51. The molecule has 1 aromatic rings. The predicted molar refractivity (Wildman–Crippen MR) is 83.9 cm³/mol. The van der Waals surface area contributed by atoms with Crippen LogP contribution in [0.5, 0.6) is 0 Å². The highest BCUT2D eigenvalue weighted by molar-refractivity contribution is 6.33. The Bertz CT molecular complexity index is 465. The molecule has 0 atom stereocenters. The molecule has 5 heteroatoms. The third-order valence-corrected chi connectivity index (χ3v) is 4.72. The highest BCUT2D eigenvalue weighted by atomic mass is 35.5. The maximum atomic E-state index is 6.45. The van der Waals surface area contributed by atoms with Gasteiger partial charge in [0.05, 0.1) is 5.69 Å². The quantitative estimate of drug-likeness (QED) is 0.836. The first-order valence-corrected chi connectivity index (χ1v) is 8.17. The van der Waals surface area contributed by atoms with Gasteiger partial charge in [0.2, 0.25) is 5.95 Å². The molecule has 0 unspecified atom stereocenters. The molecule has 3 heterocycles. The van der Waals surface area contributed by atoms with E-state index in [-0.39, 0.29) is 0 Å². The molecule has 0 radical (unpaired) electrons. The zero-order valence-corrected chi connectivity index (χ0v) is 13.0. The summed E-state index contributed by atoms with van der Waals surface area (Å²) in [7, 11) is 0. The molecule has 0 saturated carbocycles. The maximum absolute atomic E-state index is 6.45. The summed E-state index contributed by atoms with van der Waals surface area (Å²) in [5.41, 5.74) is 0.905. The molecule has 1 aromatic heterocycles. The van der Waals surface area contributed by atoms with Crippen LogP contribution < -0.4 is 9.80 Å². The van der Waals surface area contributed by atoms with Crippen molar-refractivity contribution in [2.24, 2.45) is 0 Å². The van der Waals surface area contributed by atoms with Crippen LogP contribution in [-0.2, 0) is 0 Å². The van der Waals surface area contributed by atoms with Gasteiger partial charge in [-0.25, -0.2) is 4.98 Å². The van der Waals surface area contributed by atoms with Gasteiger partial charge in [0.15, 0.2) is 5.82 Å². The van der Waals surface area contributed by atoms with Crippen molar-refractivity contribution in [2.75, 3.05) is 36.0 Å². The monoisotopic (exact) mass is 294 g/mol. The van der Waals surface area contributed by atoms with Gasteiger partial charge in [-0.05, 0) is 45.4 Å². The summed E-state index contributed by atoms with van der Waals surface area (Å²) >= 11 is 6.45. The van der Waals surface area contributed by atoms with E-state index in [1.54, 1.807) is 0 Å². The van der Waals surface area contributed by atoms with Crippen molar-refractivity contribution in [2.45, 2.75) is 45.4 Å². The number of hydrogen-bond donors (Lipinski definition) is 0. The average molecular weight is 295 g/mol. The van der Waals surface area contributed by atoms with Crippen LogP contribution in [0.3, 0.4) is 0 Å². The lowest BCUT2D eigenvalue weighted by Gasteiger charge is -2.31. The first-order chi connectivity index (χ1) is 9.75. The van der Waals surface area contributed by atoms with Gasteiger partial charge in [0.25, 0.3) is 0 Å². The highest BCUT2D eigenvalue weighted by Gasteiger charge is 2.21. The van der Waals surface area contributed by atoms with E-state index in [4.69, 9.17) is 16.6 Å². The van der Waals surface area contributed by atoms with Gasteiger partial charge in [-0.1, -0.05) is 11.6 Å². The Kier molecular flexibility index (Phi) is 4.29. The van der Waals surface area contributed by atoms with Gasteiger partial charge >= 0.3 is 0 Å². The van der Waals surface area contributed by atoms with Crippen LogP contribution in [0.1, 0.15) is 44.2 Å². The molecule has 3 rings (SSSR count). The summed E-state index contributed by atoms with van der Waals surface area (Å²) < 4.78 is 0. The van der Waals surface area contributed by atoms with Gasteiger partial charge in [0.1, 0.15) is 5.02 Å². The second-order valence-electron chi connectivity index (χ2n) is 5.84. The molecular weight excluding hydrogens is 272 g/mol. The lowest BCUT2D eigenvalue weighted by molar-refractivity contribution is 0.560. The van der Waals surface area contributed by atoms with Crippen LogP contribution in [0, 0.1) is 6.92 Å². The lowest BCUT2D eigenvalue weighted by atomic mass is 10.1. The lowest BCUT2D eigenvalue weighted by Crippen LogP contribution is -2.34. The minimum absolute atomic E-state index is 0.729. The Morgan fingerprint density at radius 2 is 1.35 bits per heavy atom. The molecule has 2 fully saturated rings. The number of halogens is 1. The number of aromatic nitrogens is 2. The largest absolute Gasteiger partial charge is 0.355 e. The summed E-state index contributed by atoms with van der Waals surface area (Å²) in [6.07, 6.45) is 7.59. The van der Waals surface area contributed by atoms with Crippen molar-refractivity contribution in [1.29, 1.82) is 0 Å². The molecule has 0 aliphatic carbocycles. The van der Waals surface area contributed by atoms with Crippen molar-refractivity contribution in [1.82, 2.24) is 9.97 Å². The first kappa shape index (κ1) is 13.9. The summed E-state index contributed by atoms with van der Waals surface area (Å²) in [6.45, 7) is 6.26. The third-order valence-electron chi connectivity index (χ3n) is 4.28. The molecule has 110 valence electrons. The Hall–Kier alpha value is -1.03. The van der Waals surface area contributed by atoms with Gasteiger partial charge in [0, 0.05) is 26.2 Å². The Labute approximate surface area is 126 Å². The molecule has 2 saturated heterocycles. The van der Waals surface area contributed by atoms with E-state index in [0.717, 1.165) is 48.7 Å². The van der Waals surface area contributed by atoms with E-state index in [1.807, 2.05) is 6.92 Å². The van der Waals surface area contributed by atoms with Gasteiger partial charge < -0.3 is 9.80 Å². The van der Waals surface area contributed by atoms with E-state index >= 15 is 0 Å². The molecule has 2 aliphatic heterocycles. The fourth-order valence-corrected chi connectivity index (χ4v) is 3.28. The topological polar surface area (TPSA) is 32.3 Å². The van der Waals surface area contributed by atoms with Gasteiger partial charge in [-0.3, -0.25) is 0 Å². The fourth-order valence-electron chi connectivity index (χ4n) is 3.08. The maximum Gasteiger partial charge on any atom is 0.227 e. The molecule has 0 spiro atoms. The fraction of sp³-hybridized carbons (Fsp3) is 0.733. The predicted octanol–water partition coefficient (Wildman–Crippen LogP) is 3.42. The standard InChI is InChI=1S/C15H23ClN4/c1-12-13(16)14(19-8-4-2-5-9-19)18-15(17-12)20-10-6-3-7-11-20/h2-11H2,1H3. The smallest absolute Gasteiger partial charge is 0.227 e. The number of aryl methyl sites for hydroxylation is 1. The van der Waals surface area contributed by atoms with E-state index in [2.05, 4.69) is 14.8 Å². The summed E-state index contributed by atoms with van der Waals surface area (Å²) in [5, 5.41) is 0.729. The summed E-state index contributed by atoms with van der Waals surface area (Å²) in [5.74, 6) is 1.81. The highest BCUT2D eigenvalue weighted by Crippen LogP contribution is 2.30. The molecule has 0 aromatic carbocycles. The molecule has 20 heavy (non-hydrogen) atoms. The Morgan fingerprint density at radius 3 is 1.95 bits per heavy atom. The Morgan fingerprint density at radius 1 is 0.800 bits per heavy atom. The van der Waals surface area contributed by atoms with Crippen LogP contribution in [0.2, 0.25) is 5.02 Å². The van der Waals surface area contributed by atoms with Crippen molar-refractivity contribution < 1.29 is 0 Å². The molecule has 2 aliphatic rings. The molecule has 0 amide bonds. The zero-order valence-electron chi connectivity index (χ0n) is 12.2. The van der Waals surface area contributed by atoms with E-state index in [1.165, 1.54) is 38.5 Å². The van der Waals surface area contributed by atoms with E-state index in [9.17, 15) is 0 Å². The van der Waals surface area contributed by atoms with E-state index in [0.29, 0.717) is 0 Å². The second-order valence-corrected chi connectivity index (χ2v) is 6.22. The SMILES string of the molecule is Cc1nc(N2CCCCC2)nc(N2CCCCC2)c1Cl. The summed E-state index contributed by atoms with van der Waals surface area (Å²) in [4.78, 5) is 14.0. The zero-order chi connectivity index (χ0) is 13.9. The van der Waals surface area contributed by atoms with E-state index < -0.39 is 0 Å². The van der Waals surface area contributed by atoms with Crippen molar-refractivity contribution >= 4 is 23.4 Å². The molecule has 0 N–H and O–H groups in total. The van der Waals surface area contributed by atoms with Crippen LogP contribution in [0.15, 0.2) is 0 Å². The molecule has 0 bridgehead atoms. The second kappa shape index (κ2) is 6.17. The van der Waals surface area contributed by atoms with Crippen molar-refractivity contribution in [3.8, 4) is 0 Å².